The van der Waals surface area contributed by atoms with Crippen molar-refractivity contribution in [1.29, 1.82) is 0 Å². The summed E-state index contributed by atoms with van der Waals surface area (Å²) in [4.78, 5) is 39.7. The average Bonchev–Trinajstić information content (AvgIpc) is 3.51. The Morgan fingerprint density at radius 2 is 1.73 bits per heavy atom. The van der Waals surface area contributed by atoms with Crippen molar-refractivity contribution in [3.05, 3.63) is 29.8 Å². The van der Waals surface area contributed by atoms with Crippen LogP contribution in [-0.2, 0) is 20.8 Å². The highest BCUT2D eigenvalue weighted by Crippen LogP contribution is 2.28. The lowest BCUT2D eigenvalue weighted by atomic mass is 10.1. The van der Waals surface area contributed by atoms with E-state index in [4.69, 9.17) is 4.74 Å². The number of benzene rings is 1. The summed E-state index contributed by atoms with van der Waals surface area (Å²) in [6, 6.07) is 7.48. The number of ether oxygens (including phenoxy) is 1. The molecule has 7 heteroatoms. The summed E-state index contributed by atoms with van der Waals surface area (Å²) >= 11 is 0. The lowest BCUT2D eigenvalue weighted by Crippen LogP contribution is -2.53. The number of nitrogens with zero attached hydrogens (tertiary/aromatic N) is 2. The largest absolute Gasteiger partial charge is 0.497 e. The summed E-state index contributed by atoms with van der Waals surface area (Å²) in [6.07, 6.45) is 2.17. The molecule has 26 heavy (non-hydrogen) atoms. The number of methoxy groups -OCH3 is 1. The first-order chi connectivity index (χ1) is 12.6. The van der Waals surface area contributed by atoms with Crippen molar-refractivity contribution in [2.75, 3.05) is 39.8 Å². The molecule has 1 N–H and O–H groups in total. The molecule has 1 aromatic carbocycles. The van der Waals surface area contributed by atoms with Crippen LogP contribution in [0.1, 0.15) is 18.4 Å². The zero-order chi connectivity index (χ0) is 18.5. The van der Waals surface area contributed by atoms with Gasteiger partial charge in [0.05, 0.1) is 20.1 Å². The molecule has 0 spiro atoms. The molecule has 3 amide bonds. The van der Waals surface area contributed by atoms with Gasteiger partial charge in [-0.2, -0.15) is 0 Å². The van der Waals surface area contributed by atoms with Gasteiger partial charge >= 0.3 is 0 Å². The third kappa shape index (κ3) is 4.74. The highest BCUT2D eigenvalue weighted by atomic mass is 16.5. The lowest BCUT2D eigenvalue weighted by Gasteiger charge is -2.35. The van der Waals surface area contributed by atoms with Gasteiger partial charge in [-0.3, -0.25) is 14.4 Å². The number of nitrogens with one attached hydrogen (secondary N) is 1. The molecule has 0 aromatic heterocycles. The van der Waals surface area contributed by atoms with E-state index >= 15 is 0 Å². The summed E-state index contributed by atoms with van der Waals surface area (Å²) in [5.74, 6) is 0.782. The molecule has 3 rings (SSSR count). The SMILES string of the molecule is COc1cccc(CC(=O)N2CCN(C(=O)CNC(=O)C3CC3)CC2)c1. The van der Waals surface area contributed by atoms with Crippen LogP contribution in [0.4, 0.5) is 0 Å². The number of hydrogen-bond donors (Lipinski definition) is 1. The summed E-state index contributed by atoms with van der Waals surface area (Å²) in [6.45, 7) is 2.09. The lowest BCUT2D eigenvalue weighted by molar-refractivity contribution is -0.139. The second kappa shape index (κ2) is 8.21. The van der Waals surface area contributed by atoms with Crippen molar-refractivity contribution < 1.29 is 19.1 Å². The Labute approximate surface area is 153 Å². The first kappa shape index (κ1) is 18.2. The van der Waals surface area contributed by atoms with Crippen LogP contribution in [0, 0.1) is 5.92 Å². The standard InChI is InChI=1S/C19H25N3O4/c1-26-16-4-2-3-14(11-16)12-17(23)21-7-9-22(10-8-21)18(24)13-20-19(25)15-5-6-15/h2-4,11,15H,5-10,12-13H2,1H3,(H,20,25). The van der Waals surface area contributed by atoms with Gasteiger partial charge in [0.2, 0.25) is 17.7 Å². The average molecular weight is 359 g/mol. The zero-order valence-electron chi connectivity index (χ0n) is 15.1. The smallest absolute Gasteiger partial charge is 0.242 e. The fourth-order valence-corrected chi connectivity index (χ4v) is 3.04. The van der Waals surface area contributed by atoms with Crippen LogP contribution in [0.3, 0.4) is 0 Å². The number of carbonyl (C=O) groups excluding carboxylic acids is 3. The molecule has 0 atom stereocenters. The van der Waals surface area contributed by atoms with E-state index in [1.807, 2.05) is 24.3 Å². The molecule has 7 nitrogen and oxygen atoms in total. The summed E-state index contributed by atoms with van der Waals surface area (Å²) in [5, 5.41) is 2.70. The number of rotatable bonds is 6. The summed E-state index contributed by atoms with van der Waals surface area (Å²) < 4.78 is 5.18. The second-order valence-electron chi connectivity index (χ2n) is 6.78. The van der Waals surface area contributed by atoms with E-state index in [1.165, 1.54) is 0 Å². The van der Waals surface area contributed by atoms with E-state index < -0.39 is 0 Å². The maximum absolute atomic E-state index is 12.5. The molecule has 2 aliphatic rings. The van der Waals surface area contributed by atoms with Crippen LogP contribution in [0.2, 0.25) is 0 Å². The highest BCUT2D eigenvalue weighted by Gasteiger charge is 2.30. The number of amides is 3. The fourth-order valence-electron chi connectivity index (χ4n) is 3.04. The summed E-state index contributed by atoms with van der Waals surface area (Å²) in [7, 11) is 1.60. The topological polar surface area (TPSA) is 79.0 Å². The van der Waals surface area contributed by atoms with Gasteiger partial charge in [-0.1, -0.05) is 12.1 Å². The zero-order valence-corrected chi connectivity index (χ0v) is 15.1. The first-order valence-electron chi connectivity index (χ1n) is 9.03. The Kier molecular flexibility index (Phi) is 5.75. The fraction of sp³-hybridized carbons (Fsp3) is 0.526. The third-order valence-electron chi connectivity index (χ3n) is 4.84. The van der Waals surface area contributed by atoms with Crippen LogP contribution in [0.5, 0.6) is 5.75 Å². The molecule has 2 fully saturated rings. The van der Waals surface area contributed by atoms with Crippen molar-refractivity contribution in [2.24, 2.45) is 5.92 Å². The summed E-state index contributed by atoms with van der Waals surface area (Å²) in [5.41, 5.74) is 0.913. The van der Waals surface area contributed by atoms with Gasteiger partial charge in [0, 0.05) is 32.1 Å². The minimum absolute atomic E-state index is 0.0227. The van der Waals surface area contributed by atoms with Crippen LogP contribution in [-0.4, -0.2) is 67.4 Å². The van der Waals surface area contributed by atoms with E-state index in [1.54, 1.807) is 16.9 Å². The van der Waals surface area contributed by atoms with E-state index in [9.17, 15) is 14.4 Å². The Morgan fingerprint density at radius 3 is 2.35 bits per heavy atom. The predicted molar refractivity (Wildman–Crippen MR) is 95.6 cm³/mol. The molecule has 1 aromatic rings. The van der Waals surface area contributed by atoms with Gasteiger partial charge in [0.25, 0.3) is 0 Å². The first-order valence-corrected chi connectivity index (χ1v) is 9.03. The monoisotopic (exact) mass is 359 g/mol. The highest BCUT2D eigenvalue weighted by molar-refractivity contribution is 5.87. The molecule has 140 valence electrons. The van der Waals surface area contributed by atoms with Gasteiger partial charge in [-0.15, -0.1) is 0 Å². The molecule has 1 aliphatic heterocycles. The third-order valence-corrected chi connectivity index (χ3v) is 4.84. The van der Waals surface area contributed by atoms with Gasteiger partial charge < -0.3 is 19.9 Å². The minimum Gasteiger partial charge on any atom is -0.497 e. The molecule has 0 bridgehead atoms. The van der Waals surface area contributed by atoms with E-state index in [0.29, 0.717) is 32.6 Å². The minimum atomic E-state index is -0.0844. The quantitative estimate of drug-likeness (QED) is 0.799. The van der Waals surface area contributed by atoms with Crippen molar-refractivity contribution in [3.8, 4) is 5.75 Å². The second-order valence-corrected chi connectivity index (χ2v) is 6.78. The van der Waals surface area contributed by atoms with Gasteiger partial charge in [-0.25, -0.2) is 0 Å². The molecular weight excluding hydrogens is 334 g/mol. The molecule has 0 radical (unpaired) electrons. The molecule has 0 unspecified atom stereocenters. The Morgan fingerprint density at radius 1 is 1.08 bits per heavy atom. The van der Waals surface area contributed by atoms with Crippen LogP contribution >= 0.6 is 0 Å². The molecule has 1 heterocycles. The van der Waals surface area contributed by atoms with E-state index in [2.05, 4.69) is 5.32 Å². The predicted octanol–water partition coefficient (Wildman–Crippen LogP) is 0.435. The Hall–Kier alpha value is -2.57. The van der Waals surface area contributed by atoms with Crippen molar-refractivity contribution in [3.63, 3.8) is 0 Å². The van der Waals surface area contributed by atoms with Crippen molar-refractivity contribution in [1.82, 2.24) is 15.1 Å². The van der Waals surface area contributed by atoms with Gasteiger partial charge in [0.1, 0.15) is 5.75 Å². The van der Waals surface area contributed by atoms with Crippen LogP contribution in [0.15, 0.2) is 24.3 Å². The van der Waals surface area contributed by atoms with Gasteiger partial charge in [-0.05, 0) is 30.5 Å². The van der Waals surface area contributed by atoms with E-state index in [-0.39, 0.29) is 30.2 Å². The number of carbonyl (C=O) groups is 3. The Balaban J connectivity index is 1.42. The molecule has 1 aliphatic carbocycles. The number of piperazine rings is 1. The van der Waals surface area contributed by atoms with Crippen LogP contribution in [0.25, 0.3) is 0 Å². The van der Waals surface area contributed by atoms with Crippen molar-refractivity contribution >= 4 is 17.7 Å². The molecule has 1 saturated carbocycles. The Bertz CT molecular complexity index is 679. The van der Waals surface area contributed by atoms with Crippen LogP contribution < -0.4 is 10.1 Å². The normalized spacial score (nSPS) is 17.0. The number of hydrogen-bond acceptors (Lipinski definition) is 4. The maximum Gasteiger partial charge on any atom is 0.242 e. The van der Waals surface area contributed by atoms with Crippen molar-refractivity contribution in [2.45, 2.75) is 19.3 Å². The molecular formula is C19H25N3O4. The molecule has 1 saturated heterocycles. The van der Waals surface area contributed by atoms with Gasteiger partial charge in [0.15, 0.2) is 0 Å². The maximum atomic E-state index is 12.5. The van der Waals surface area contributed by atoms with E-state index in [0.717, 1.165) is 24.2 Å².